The van der Waals surface area contributed by atoms with E-state index in [0.717, 1.165) is 24.8 Å². The van der Waals surface area contributed by atoms with E-state index in [1.165, 1.54) is 37.8 Å². The van der Waals surface area contributed by atoms with Crippen molar-refractivity contribution in [2.24, 2.45) is 0 Å². The Kier molecular flexibility index (Phi) is 5.43. The maximum absolute atomic E-state index is 12.5. The Labute approximate surface area is 125 Å². The molecule has 21 heavy (non-hydrogen) atoms. The minimum Gasteiger partial charge on any atom is -0.508 e. The Morgan fingerprint density at radius 3 is 2.57 bits per heavy atom. The Bertz CT molecular complexity index is 655. The standard InChI is InChI=1S/C18H24O3/c1-3-4-5-6-7-8-9-15-13(2)21-17-12-14(19)10-11-16(17)18(15)20/h10-12,19H,3-9H2,1-2H3. The number of benzene rings is 1. The molecular formula is C18H24O3. The highest BCUT2D eigenvalue weighted by Crippen LogP contribution is 2.21. The molecule has 2 aromatic rings. The highest BCUT2D eigenvalue weighted by molar-refractivity contribution is 5.78. The van der Waals surface area contributed by atoms with E-state index in [2.05, 4.69) is 6.92 Å². The van der Waals surface area contributed by atoms with Gasteiger partial charge in [0.2, 0.25) is 0 Å². The molecule has 0 atom stereocenters. The molecule has 2 rings (SSSR count). The fraction of sp³-hybridized carbons (Fsp3) is 0.500. The van der Waals surface area contributed by atoms with Gasteiger partial charge in [-0.15, -0.1) is 0 Å². The zero-order valence-electron chi connectivity index (χ0n) is 12.9. The Hall–Kier alpha value is -1.77. The summed E-state index contributed by atoms with van der Waals surface area (Å²) >= 11 is 0. The molecule has 0 saturated carbocycles. The maximum Gasteiger partial charge on any atom is 0.196 e. The lowest BCUT2D eigenvalue weighted by molar-refractivity contribution is 0.473. The molecule has 0 radical (unpaired) electrons. The van der Waals surface area contributed by atoms with Crippen LogP contribution in [0.2, 0.25) is 0 Å². The van der Waals surface area contributed by atoms with Crippen molar-refractivity contribution >= 4 is 11.0 Å². The van der Waals surface area contributed by atoms with Gasteiger partial charge in [0.15, 0.2) is 5.43 Å². The third-order valence-electron chi connectivity index (χ3n) is 3.95. The topological polar surface area (TPSA) is 50.4 Å². The first kappa shape index (κ1) is 15.6. The normalized spacial score (nSPS) is 11.1. The van der Waals surface area contributed by atoms with Crippen LogP contribution in [0.3, 0.4) is 0 Å². The first-order valence-electron chi connectivity index (χ1n) is 7.88. The van der Waals surface area contributed by atoms with E-state index >= 15 is 0 Å². The fourth-order valence-electron chi connectivity index (χ4n) is 2.70. The average Bonchev–Trinajstić information content (AvgIpc) is 2.45. The second-order valence-electron chi connectivity index (χ2n) is 5.66. The Balaban J connectivity index is 2.09. The lowest BCUT2D eigenvalue weighted by atomic mass is 10.0. The largest absolute Gasteiger partial charge is 0.508 e. The molecule has 0 saturated heterocycles. The molecule has 0 bridgehead atoms. The number of unbranched alkanes of at least 4 members (excludes halogenated alkanes) is 5. The van der Waals surface area contributed by atoms with Gasteiger partial charge in [0, 0.05) is 11.6 Å². The predicted octanol–water partition coefficient (Wildman–Crippen LogP) is 4.71. The van der Waals surface area contributed by atoms with Crippen molar-refractivity contribution in [3.63, 3.8) is 0 Å². The summed E-state index contributed by atoms with van der Waals surface area (Å²) < 4.78 is 5.69. The molecule has 3 nitrogen and oxygen atoms in total. The molecule has 0 aliphatic carbocycles. The zero-order chi connectivity index (χ0) is 15.2. The SMILES string of the molecule is CCCCCCCCc1c(C)oc2cc(O)ccc2c1=O. The molecule has 1 aromatic heterocycles. The number of phenols is 1. The van der Waals surface area contributed by atoms with Gasteiger partial charge in [0.25, 0.3) is 0 Å². The molecule has 0 unspecified atom stereocenters. The van der Waals surface area contributed by atoms with Gasteiger partial charge >= 0.3 is 0 Å². The summed E-state index contributed by atoms with van der Waals surface area (Å²) in [5, 5.41) is 10.0. The third-order valence-corrected chi connectivity index (χ3v) is 3.95. The monoisotopic (exact) mass is 288 g/mol. The molecule has 1 aromatic carbocycles. The number of phenolic OH excluding ortho intramolecular Hbond substituents is 1. The van der Waals surface area contributed by atoms with Crippen LogP contribution in [0.5, 0.6) is 5.75 Å². The van der Waals surface area contributed by atoms with Crippen LogP contribution < -0.4 is 5.43 Å². The highest BCUT2D eigenvalue weighted by atomic mass is 16.3. The highest BCUT2D eigenvalue weighted by Gasteiger charge is 2.11. The molecular weight excluding hydrogens is 264 g/mol. The van der Waals surface area contributed by atoms with Crippen LogP contribution in [-0.2, 0) is 6.42 Å². The average molecular weight is 288 g/mol. The van der Waals surface area contributed by atoms with Gasteiger partial charge in [-0.1, -0.05) is 39.0 Å². The predicted molar refractivity (Wildman–Crippen MR) is 86.0 cm³/mol. The number of fused-ring (bicyclic) bond motifs is 1. The summed E-state index contributed by atoms with van der Waals surface area (Å²) in [6, 6.07) is 4.67. The quantitative estimate of drug-likeness (QED) is 0.751. The van der Waals surface area contributed by atoms with Crippen molar-refractivity contribution in [2.75, 3.05) is 0 Å². The molecule has 3 heteroatoms. The van der Waals surface area contributed by atoms with Gasteiger partial charge < -0.3 is 9.52 Å². The van der Waals surface area contributed by atoms with Crippen molar-refractivity contribution in [2.45, 2.75) is 58.8 Å². The number of hydrogen-bond acceptors (Lipinski definition) is 3. The first-order valence-corrected chi connectivity index (χ1v) is 7.88. The second kappa shape index (κ2) is 7.30. The minimum absolute atomic E-state index is 0.0438. The number of rotatable bonds is 7. The summed E-state index contributed by atoms with van der Waals surface area (Å²) in [6.07, 6.45) is 8.02. The molecule has 0 fully saturated rings. The minimum atomic E-state index is 0.0438. The van der Waals surface area contributed by atoms with Crippen LogP contribution >= 0.6 is 0 Å². The van der Waals surface area contributed by atoms with Crippen LogP contribution in [0.4, 0.5) is 0 Å². The maximum atomic E-state index is 12.5. The van der Waals surface area contributed by atoms with Crippen molar-refractivity contribution in [3.05, 3.63) is 39.7 Å². The van der Waals surface area contributed by atoms with Crippen LogP contribution in [0.25, 0.3) is 11.0 Å². The van der Waals surface area contributed by atoms with Gasteiger partial charge in [-0.3, -0.25) is 4.79 Å². The number of aromatic hydroxyl groups is 1. The fourth-order valence-corrected chi connectivity index (χ4v) is 2.70. The van der Waals surface area contributed by atoms with E-state index in [1.807, 2.05) is 6.92 Å². The lowest BCUT2D eigenvalue weighted by Crippen LogP contribution is -2.11. The summed E-state index contributed by atoms with van der Waals surface area (Å²) in [6.45, 7) is 4.04. The smallest absolute Gasteiger partial charge is 0.196 e. The van der Waals surface area contributed by atoms with E-state index in [9.17, 15) is 9.90 Å². The Morgan fingerprint density at radius 2 is 1.81 bits per heavy atom. The van der Waals surface area contributed by atoms with Crippen LogP contribution in [0.15, 0.2) is 27.4 Å². The number of aryl methyl sites for hydroxylation is 1. The summed E-state index contributed by atoms with van der Waals surface area (Å²) in [7, 11) is 0. The van der Waals surface area contributed by atoms with Crippen LogP contribution in [0, 0.1) is 6.92 Å². The molecule has 0 aliphatic rings. The molecule has 114 valence electrons. The van der Waals surface area contributed by atoms with Gasteiger partial charge in [-0.05, 0) is 31.9 Å². The van der Waals surface area contributed by atoms with Crippen LogP contribution in [-0.4, -0.2) is 5.11 Å². The van der Waals surface area contributed by atoms with Crippen molar-refractivity contribution in [1.29, 1.82) is 0 Å². The second-order valence-corrected chi connectivity index (χ2v) is 5.66. The third kappa shape index (κ3) is 3.87. The van der Waals surface area contributed by atoms with Gasteiger partial charge in [0.05, 0.1) is 5.39 Å². The first-order chi connectivity index (χ1) is 10.1. The summed E-state index contributed by atoms with van der Waals surface area (Å²) in [5.74, 6) is 0.792. The van der Waals surface area contributed by atoms with Gasteiger partial charge in [0.1, 0.15) is 17.1 Å². The van der Waals surface area contributed by atoms with Crippen molar-refractivity contribution in [3.8, 4) is 5.75 Å². The summed E-state index contributed by atoms with van der Waals surface area (Å²) in [4.78, 5) is 12.5. The number of hydrogen-bond donors (Lipinski definition) is 1. The molecule has 0 spiro atoms. The van der Waals surface area contributed by atoms with Gasteiger partial charge in [-0.2, -0.15) is 0 Å². The molecule has 0 aliphatic heterocycles. The van der Waals surface area contributed by atoms with Gasteiger partial charge in [-0.25, -0.2) is 0 Å². The summed E-state index contributed by atoms with van der Waals surface area (Å²) in [5.41, 5.74) is 1.29. The lowest BCUT2D eigenvalue weighted by Gasteiger charge is -2.07. The van der Waals surface area contributed by atoms with E-state index < -0.39 is 0 Å². The van der Waals surface area contributed by atoms with E-state index in [1.54, 1.807) is 6.07 Å². The van der Waals surface area contributed by atoms with Crippen LogP contribution in [0.1, 0.15) is 56.8 Å². The zero-order valence-corrected chi connectivity index (χ0v) is 12.9. The van der Waals surface area contributed by atoms with E-state index in [4.69, 9.17) is 4.42 Å². The van der Waals surface area contributed by atoms with Crippen molar-refractivity contribution in [1.82, 2.24) is 0 Å². The van der Waals surface area contributed by atoms with E-state index in [0.29, 0.717) is 16.7 Å². The Morgan fingerprint density at radius 1 is 1.10 bits per heavy atom. The van der Waals surface area contributed by atoms with E-state index in [-0.39, 0.29) is 11.2 Å². The molecule has 1 N–H and O–H groups in total. The molecule has 1 heterocycles. The molecule has 0 amide bonds. The van der Waals surface area contributed by atoms with Crippen molar-refractivity contribution < 1.29 is 9.52 Å².